The molecule has 0 atom stereocenters. The molecule has 3 N–H and O–H groups in total. The van der Waals surface area contributed by atoms with Gasteiger partial charge >= 0.3 is 6.18 Å². The minimum atomic E-state index is -4.21. The van der Waals surface area contributed by atoms with Crippen LogP contribution in [0.25, 0.3) is 0 Å². The van der Waals surface area contributed by atoms with Gasteiger partial charge in [-0.2, -0.15) is 13.2 Å². The van der Waals surface area contributed by atoms with Crippen molar-refractivity contribution in [2.45, 2.75) is 25.4 Å². The van der Waals surface area contributed by atoms with Gasteiger partial charge in [0.2, 0.25) is 5.91 Å². The molecule has 0 radical (unpaired) electrons. The van der Waals surface area contributed by atoms with Crippen molar-refractivity contribution in [1.82, 2.24) is 5.32 Å². The monoisotopic (exact) mass is 234 g/mol. The molecule has 7 heteroatoms. The molecule has 14 heavy (non-hydrogen) atoms. The second kappa shape index (κ2) is 7.87. The number of amides is 1. The van der Waals surface area contributed by atoms with E-state index in [1.54, 1.807) is 0 Å². The predicted octanol–water partition coefficient (Wildman–Crippen LogP) is 1.22. The summed E-state index contributed by atoms with van der Waals surface area (Å²) in [6.07, 6.45) is -4.51. The molecule has 0 heterocycles. The SMILES string of the molecule is Cl.NCCCC(=O)NCCC(F)(F)F. The number of rotatable bonds is 5. The van der Waals surface area contributed by atoms with Gasteiger partial charge in [0.05, 0.1) is 6.42 Å². The standard InChI is InChI=1S/C7H13F3N2O.ClH/c8-7(9,10)3-5-12-6(13)2-1-4-11;/h1-5,11H2,(H,12,13);1H. The Morgan fingerprint density at radius 2 is 1.93 bits per heavy atom. The lowest BCUT2D eigenvalue weighted by Crippen LogP contribution is -2.28. The summed E-state index contributed by atoms with van der Waals surface area (Å²) in [5.74, 6) is -0.380. The van der Waals surface area contributed by atoms with Crippen molar-refractivity contribution in [3.63, 3.8) is 0 Å². The normalized spacial score (nSPS) is 10.6. The highest BCUT2D eigenvalue weighted by molar-refractivity contribution is 5.85. The molecule has 0 fully saturated rings. The Morgan fingerprint density at radius 1 is 1.36 bits per heavy atom. The van der Waals surface area contributed by atoms with E-state index in [9.17, 15) is 18.0 Å². The van der Waals surface area contributed by atoms with Crippen LogP contribution in [-0.2, 0) is 4.79 Å². The van der Waals surface area contributed by atoms with E-state index in [1.165, 1.54) is 0 Å². The third kappa shape index (κ3) is 11.5. The van der Waals surface area contributed by atoms with Crippen molar-refractivity contribution in [2.24, 2.45) is 5.73 Å². The minimum Gasteiger partial charge on any atom is -0.356 e. The van der Waals surface area contributed by atoms with Crippen LogP contribution in [-0.4, -0.2) is 25.2 Å². The minimum absolute atomic E-state index is 0. The Labute approximate surface area is 86.6 Å². The number of alkyl halides is 3. The van der Waals surface area contributed by atoms with E-state index in [0.29, 0.717) is 13.0 Å². The molecule has 0 rings (SSSR count). The second-order valence-corrected chi connectivity index (χ2v) is 2.61. The zero-order valence-electron chi connectivity index (χ0n) is 7.56. The van der Waals surface area contributed by atoms with Gasteiger partial charge in [-0.25, -0.2) is 0 Å². The van der Waals surface area contributed by atoms with Crippen molar-refractivity contribution in [3.05, 3.63) is 0 Å². The van der Waals surface area contributed by atoms with Gasteiger partial charge in [-0.15, -0.1) is 12.4 Å². The quantitative estimate of drug-likeness (QED) is 0.752. The van der Waals surface area contributed by atoms with E-state index in [1.807, 2.05) is 0 Å². The molecule has 0 aromatic rings. The van der Waals surface area contributed by atoms with Crippen LogP contribution in [0.4, 0.5) is 13.2 Å². The van der Waals surface area contributed by atoms with Gasteiger partial charge in [0.25, 0.3) is 0 Å². The van der Waals surface area contributed by atoms with Crippen LogP contribution < -0.4 is 11.1 Å². The van der Waals surface area contributed by atoms with Crippen molar-refractivity contribution in [2.75, 3.05) is 13.1 Å². The van der Waals surface area contributed by atoms with Crippen molar-refractivity contribution < 1.29 is 18.0 Å². The summed E-state index contributed by atoms with van der Waals surface area (Å²) in [7, 11) is 0. The molecule has 0 bridgehead atoms. The molecule has 0 saturated carbocycles. The summed E-state index contributed by atoms with van der Waals surface area (Å²) in [4.78, 5) is 10.8. The summed E-state index contributed by atoms with van der Waals surface area (Å²) in [6.45, 7) is 0.0135. The first-order chi connectivity index (χ1) is 5.95. The number of hydrogen-bond donors (Lipinski definition) is 2. The highest BCUT2D eigenvalue weighted by atomic mass is 35.5. The van der Waals surface area contributed by atoms with Crippen LogP contribution in [0.5, 0.6) is 0 Å². The van der Waals surface area contributed by atoms with Gasteiger partial charge in [0.15, 0.2) is 0 Å². The maximum atomic E-state index is 11.6. The Kier molecular flexibility index (Phi) is 8.97. The van der Waals surface area contributed by atoms with Crippen LogP contribution in [0.3, 0.4) is 0 Å². The zero-order chi connectivity index (χ0) is 10.3. The number of nitrogens with one attached hydrogen (secondary N) is 1. The van der Waals surface area contributed by atoms with Gasteiger partial charge < -0.3 is 11.1 Å². The van der Waals surface area contributed by atoms with E-state index in [0.717, 1.165) is 0 Å². The maximum Gasteiger partial charge on any atom is 0.390 e. The van der Waals surface area contributed by atoms with Gasteiger partial charge in [0, 0.05) is 13.0 Å². The lowest BCUT2D eigenvalue weighted by Gasteiger charge is -2.07. The lowest BCUT2D eigenvalue weighted by molar-refractivity contribution is -0.135. The molecular weight excluding hydrogens is 221 g/mol. The fourth-order valence-corrected chi connectivity index (χ4v) is 0.695. The number of halogens is 4. The molecule has 0 unspecified atom stereocenters. The third-order valence-electron chi connectivity index (χ3n) is 1.34. The Bertz CT molecular complexity index is 164. The fourth-order valence-electron chi connectivity index (χ4n) is 0.695. The van der Waals surface area contributed by atoms with Crippen molar-refractivity contribution in [3.8, 4) is 0 Å². The molecule has 0 aliphatic carbocycles. The number of carbonyl (C=O) groups excluding carboxylic acids is 1. The van der Waals surface area contributed by atoms with E-state index in [2.05, 4.69) is 5.32 Å². The Balaban J connectivity index is 0. The molecule has 1 amide bonds. The Hall–Kier alpha value is -0.490. The molecular formula is C7H14ClF3N2O. The first kappa shape index (κ1) is 16.0. The van der Waals surface area contributed by atoms with Crippen molar-refractivity contribution in [1.29, 1.82) is 0 Å². The smallest absolute Gasteiger partial charge is 0.356 e. The predicted molar refractivity (Wildman–Crippen MR) is 49.2 cm³/mol. The first-order valence-corrected chi connectivity index (χ1v) is 3.99. The summed E-state index contributed by atoms with van der Waals surface area (Å²) >= 11 is 0. The highest BCUT2D eigenvalue weighted by Gasteiger charge is 2.26. The van der Waals surface area contributed by atoms with Crippen LogP contribution in [0.2, 0.25) is 0 Å². The molecule has 0 saturated heterocycles. The van der Waals surface area contributed by atoms with E-state index >= 15 is 0 Å². The van der Waals surface area contributed by atoms with Gasteiger partial charge in [-0.3, -0.25) is 4.79 Å². The van der Waals surface area contributed by atoms with Gasteiger partial charge in [-0.05, 0) is 13.0 Å². The van der Waals surface area contributed by atoms with E-state index < -0.39 is 12.6 Å². The van der Waals surface area contributed by atoms with E-state index in [4.69, 9.17) is 5.73 Å². The average molecular weight is 235 g/mol. The van der Waals surface area contributed by atoms with Crippen LogP contribution >= 0.6 is 12.4 Å². The fraction of sp³-hybridized carbons (Fsp3) is 0.857. The Morgan fingerprint density at radius 3 is 2.36 bits per heavy atom. The highest BCUT2D eigenvalue weighted by Crippen LogP contribution is 2.18. The summed E-state index contributed by atoms with van der Waals surface area (Å²) < 4.78 is 34.8. The van der Waals surface area contributed by atoms with Crippen LogP contribution in [0, 0.1) is 0 Å². The second-order valence-electron chi connectivity index (χ2n) is 2.61. The largest absolute Gasteiger partial charge is 0.390 e. The topological polar surface area (TPSA) is 55.1 Å². The third-order valence-corrected chi connectivity index (χ3v) is 1.34. The molecule has 0 aliphatic rings. The number of carbonyl (C=O) groups is 1. The summed E-state index contributed by atoms with van der Waals surface area (Å²) in [5, 5.41) is 2.16. The first-order valence-electron chi connectivity index (χ1n) is 3.99. The molecule has 0 aromatic carbocycles. The van der Waals surface area contributed by atoms with E-state index in [-0.39, 0.29) is 31.3 Å². The lowest BCUT2D eigenvalue weighted by atomic mass is 10.3. The number of nitrogens with two attached hydrogens (primary N) is 1. The molecule has 0 spiro atoms. The number of hydrogen-bond acceptors (Lipinski definition) is 2. The van der Waals surface area contributed by atoms with Crippen molar-refractivity contribution >= 4 is 18.3 Å². The molecule has 3 nitrogen and oxygen atoms in total. The maximum absolute atomic E-state index is 11.6. The molecule has 86 valence electrons. The summed E-state index contributed by atoms with van der Waals surface area (Å²) in [6, 6.07) is 0. The zero-order valence-corrected chi connectivity index (χ0v) is 8.38. The summed E-state index contributed by atoms with van der Waals surface area (Å²) in [5.41, 5.74) is 5.11. The van der Waals surface area contributed by atoms with Gasteiger partial charge in [0.1, 0.15) is 0 Å². The molecule has 0 aliphatic heterocycles. The van der Waals surface area contributed by atoms with Crippen LogP contribution in [0.1, 0.15) is 19.3 Å². The van der Waals surface area contributed by atoms with Crippen LogP contribution in [0.15, 0.2) is 0 Å². The molecule has 0 aromatic heterocycles. The van der Waals surface area contributed by atoms with Gasteiger partial charge in [-0.1, -0.05) is 0 Å². The average Bonchev–Trinajstić information content (AvgIpc) is 1.98.